The molecule has 1 amide bonds. The molecule has 0 unspecified atom stereocenters. The molecule has 2 rings (SSSR count). The predicted octanol–water partition coefficient (Wildman–Crippen LogP) is 3.07. The summed E-state index contributed by atoms with van der Waals surface area (Å²) < 4.78 is 34.3. The zero-order valence-electron chi connectivity index (χ0n) is 13.5. The van der Waals surface area contributed by atoms with Crippen molar-refractivity contribution in [2.45, 2.75) is 51.0 Å². The van der Waals surface area contributed by atoms with Crippen molar-refractivity contribution in [2.75, 3.05) is 0 Å². The third-order valence-electron chi connectivity index (χ3n) is 3.56. The maximum atomic E-state index is 12.3. The number of hydrogen-bond donors (Lipinski definition) is 1. The Kier molecular flexibility index (Phi) is 5.43. The van der Waals surface area contributed by atoms with Crippen LogP contribution in [-0.2, 0) is 19.1 Å². The minimum Gasteiger partial charge on any atom is -0.440 e. The van der Waals surface area contributed by atoms with E-state index in [1.54, 1.807) is 32.1 Å². The molecule has 0 radical (unpaired) electrons. The second kappa shape index (κ2) is 7.14. The molecule has 0 fully saturated rings. The second-order valence-electron chi connectivity index (χ2n) is 5.67. The lowest BCUT2D eigenvalue weighted by Gasteiger charge is -2.17. The highest BCUT2D eigenvalue weighted by Gasteiger charge is 2.23. The molecule has 0 saturated heterocycles. The van der Waals surface area contributed by atoms with E-state index < -0.39 is 16.2 Å². The van der Waals surface area contributed by atoms with E-state index in [-0.39, 0.29) is 11.0 Å². The molecule has 1 aliphatic rings. The van der Waals surface area contributed by atoms with E-state index in [1.807, 2.05) is 18.5 Å². The summed E-state index contributed by atoms with van der Waals surface area (Å²) in [6.07, 6.45) is 5.04. The van der Waals surface area contributed by atoms with Gasteiger partial charge in [-0.1, -0.05) is 23.8 Å². The molecule has 0 spiro atoms. The van der Waals surface area contributed by atoms with Gasteiger partial charge in [0.25, 0.3) is 0 Å². The second-order valence-corrected chi connectivity index (χ2v) is 7.15. The quantitative estimate of drug-likeness (QED) is 0.673. The van der Waals surface area contributed by atoms with E-state index in [2.05, 4.69) is 4.28 Å². The molecule has 1 aromatic rings. The Morgan fingerprint density at radius 2 is 1.87 bits per heavy atom. The number of carbonyl (C=O) groups excluding carboxylic acids is 1. The van der Waals surface area contributed by atoms with Gasteiger partial charge in [0.15, 0.2) is 0 Å². The molecule has 126 valence electrons. The number of ether oxygens (including phenoxy) is 1. The molecular weight excluding hydrogens is 318 g/mol. The van der Waals surface area contributed by atoms with E-state index >= 15 is 0 Å². The predicted molar refractivity (Wildman–Crippen MR) is 85.3 cm³/mol. The number of carbonyl (C=O) groups is 1. The van der Waals surface area contributed by atoms with Crippen LogP contribution in [0.15, 0.2) is 29.2 Å². The van der Waals surface area contributed by atoms with Gasteiger partial charge >= 0.3 is 16.2 Å². The average molecular weight is 339 g/mol. The van der Waals surface area contributed by atoms with Gasteiger partial charge in [0, 0.05) is 0 Å². The number of hydrogen-bond acceptors (Lipinski definition) is 5. The number of nitrogens with one attached hydrogen (secondary N) is 1. The first kappa shape index (κ1) is 17.5. The van der Waals surface area contributed by atoms with Crippen LogP contribution in [0.1, 0.15) is 36.0 Å². The lowest BCUT2D eigenvalue weighted by atomic mass is 10.1. The molecule has 1 aliphatic carbocycles. The molecule has 0 heterocycles. The molecule has 0 bridgehead atoms. The number of rotatable bonds is 4. The maximum Gasteiger partial charge on any atom is 0.433 e. The largest absolute Gasteiger partial charge is 0.440 e. The fourth-order valence-corrected chi connectivity index (χ4v) is 3.90. The summed E-state index contributed by atoms with van der Waals surface area (Å²) in [7, 11) is -4.10. The molecule has 23 heavy (non-hydrogen) atoms. The summed E-state index contributed by atoms with van der Waals surface area (Å²) in [6, 6.07) is 3.49. The summed E-state index contributed by atoms with van der Waals surface area (Å²) in [5, 5.41) is 0. The highest BCUT2D eigenvalue weighted by atomic mass is 32.2. The topological polar surface area (TPSA) is 81.7 Å². The summed E-state index contributed by atoms with van der Waals surface area (Å²) in [5.74, 6) is 0. The van der Waals surface area contributed by atoms with Crippen LogP contribution in [0, 0.1) is 20.8 Å². The van der Waals surface area contributed by atoms with E-state index in [0.29, 0.717) is 17.5 Å². The van der Waals surface area contributed by atoms with E-state index in [1.165, 1.54) is 0 Å². The van der Waals surface area contributed by atoms with Crippen LogP contribution in [0.3, 0.4) is 0 Å². The van der Waals surface area contributed by atoms with Crippen LogP contribution >= 0.6 is 0 Å². The molecule has 0 saturated carbocycles. The lowest BCUT2D eigenvalue weighted by Crippen LogP contribution is -2.31. The first-order valence-corrected chi connectivity index (χ1v) is 8.85. The van der Waals surface area contributed by atoms with E-state index in [9.17, 15) is 13.2 Å². The van der Waals surface area contributed by atoms with Crippen LogP contribution in [0.2, 0.25) is 0 Å². The number of amides is 1. The highest BCUT2D eigenvalue weighted by Crippen LogP contribution is 2.23. The smallest absolute Gasteiger partial charge is 0.433 e. The van der Waals surface area contributed by atoms with Crippen molar-refractivity contribution in [1.82, 2.24) is 5.48 Å². The third-order valence-corrected chi connectivity index (χ3v) is 5.00. The molecule has 1 atom stereocenters. The lowest BCUT2D eigenvalue weighted by molar-refractivity contribution is 0.0775. The monoisotopic (exact) mass is 339 g/mol. The van der Waals surface area contributed by atoms with Gasteiger partial charge in [-0.15, -0.1) is 4.28 Å². The molecule has 7 heteroatoms. The van der Waals surface area contributed by atoms with Gasteiger partial charge in [0.05, 0.1) is 0 Å². The summed E-state index contributed by atoms with van der Waals surface area (Å²) in [6.45, 7) is 5.24. The minimum atomic E-state index is -4.10. The zero-order valence-corrected chi connectivity index (χ0v) is 14.3. The Balaban J connectivity index is 2.03. The van der Waals surface area contributed by atoms with E-state index in [4.69, 9.17) is 4.74 Å². The molecule has 0 aliphatic heterocycles. The van der Waals surface area contributed by atoms with Crippen molar-refractivity contribution >= 4 is 16.2 Å². The van der Waals surface area contributed by atoms with Gasteiger partial charge < -0.3 is 4.74 Å². The zero-order chi connectivity index (χ0) is 17.0. The number of allylic oxidation sites excluding steroid dienone is 1. The Bertz CT molecular complexity index is 701. The Morgan fingerprint density at radius 3 is 2.43 bits per heavy atom. The van der Waals surface area contributed by atoms with Gasteiger partial charge in [-0.25, -0.2) is 4.79 Å². The van der Waals surface area contributed by atoms with Crippen LogP contribution in [0.25, 0.3) is 0 Å². The fraction of sp³-hybridized carbons (Fsp3) is 0.438. The minimum absolute atomic E-state index is 0.0564. The van der Waals surface area contributed by atoms with Crippen LogP contribution in [0.4, 0.5) is 4.79 Å². The van der Waals surface area contributed by atoms with Crippen LogP contribution < -0.4 is 5.48 Å². The summed E-state index contributed by atoms with van der Waals surface area (Å²) >= 11 is 0. The summed E-state index contributed by atoms with van der Waals surface area (Å²) in [5.41, 5.74) is 3.93. The summed E-state index contributed by atoms with van der Waals surface area (Å²) in [4.78, 5) is 11.7. The standard InChI is InChI=1S/C16H21NO5S/c1-11-9-12(2)15(13(3)10-11)23(19,20)22-17-16(18)21-14-7-5-4-6-8-14/h5,7,9-10,14H,4,6,8H2,1-3H3,(H,17,18)/t14-/m0/s1. The molecule has 1 aromatic carbocycles. The fourth-order valence-electron chi connectivity index (χ4n) is 2.73. The first-order chi connectivity index (χ1) is 10.8. The normalized spacial score (nSPS) is 17.8. The molecule has 1 N–H and O–H groups in total. The maximum absolute atomic E-state index is 12.3. The van der Waals surface area contributed by atoms with Crippen molar-refractivity contribution in [3.63, 3.8) is 0 Å². The Morgan fingerprint density at radius 1 is 1.22 bits per heavy atom. The number of benzene rings is 1. The van der Waals surface area contributed by atoms with E-state index in [0.717, 1.165) is 18.4 Å². The number of hydroxylamine groups is 1. The first-order valence-electron chi connectivity index (χ1n) is 7.44. The van der Waals surface area contributed by atoms with Crippen molar-refractivity contribution < 1.29 is 22.2 Å². The SMILES string of the molecule is Cc1cc(C)c(S(=O)(=O)ONC(=O)O[C@H]2C=CCCC2)c(C)c1. The van der Waals surface area contributed by atoms with Gasteiger partial charge in [-0.2, -0.15) is 13.9 Å². The van der Waals surface area contributed by atoms with Crippen molar-refractivity contribution in [2.24, 2.45) is 0 Å². The average Bonchev–Trinajstić information content (AvgIpc) is 2.45. The van der Waals surface area contributed by atoms with Crippen molar-refractivity contribution in [1.29, 1.82) is 0 Å². The van der Waals surface area contributed by atoms with Gasteiger partial charge in [0.2, 0.25) is 0 Å². The Hall–Kier alpha value is -1.86. The van der Waals surface area contributed by atoms with Gasteiger partial charge in [0.1, 0.15) is 11.0 Å². The van der Waals surface area contributed by atoms with Crippen molar-refractivity contribution in [3.8, 4) is 0 Å². The van der Waals surface area contributed by atoms with Crippen molar-refractivity contribution in [3.05, 3.63) is 41.0 Å². The van der Waals surface area contributed by atoms with Crippen LogP contribution in [0.5, 0.6) is 0 Å². The molecular formula is C16H21NO5S. The van der Waals surface area contributed by atoms with Gasteiger partial charge in [-0.3, -0.25) is 0 Å². The Labute approximate surface area is 136 Å². The molecule has 0 aromatic heterocycles. The van der Waals surface area contributed by atoms with Crippen LogP contribution in [-0.4, -0.2) is 20.6 Å². The number of aryl methyl sites for hydroxylation is 3. The third kappa shape index (κ3) is 4.56. The molecule has 6 nitrogen and oxygen atoms in total. The highest BCUT2D eigenvalue weighted by molar-refractivity contribution is 7.86. The van der Waals surface area contributed by atoms with Gasteiger partial charge in [-0.05, 0) is 57.2 Å².